The van der Waals surface area contributed by atoms with E-state index in [2.05, 4.69) is 16.6 Å². The van der Waals surface area contributed by atoms with Crippen LogP contribution in [-0.4, -0.2) is 41.0 Å². The van der Waals surface area contributed by atoms with Gasteiger partial charge in [-0.05, 0) is 67.3 Å². The Bertz CT molecular complexity index is 1650. The number of alkyl carbamates (subject to hydrolysis) is 1. The minimum atomic E-state index is -1.07. The largest absolute Gasteiger partial charge is 0.444 e. The van der Waals surface area contributed by atoms with Crippen LogP contribution < -0.4 is 10.6 Å². The Kier molecular flexibility index (Phi) is 10.4. The van der Waals surface area contributed by atoms with E-state index in [4.69, 9.17) is 11.2 Å². The zero-order chi connectivity index (χ0) is 31.7. The van der Waals surface area contributed by atoms with Crippen LogP contribution in [0.5, 0.6) is 0 Å². The number of anilines is 1. The second-order valence-electron chi connectivity index (χ2n) is 11.6. The van der Waals surface area contributed by atoms with Gasteiger partial charge >= 0.3 is 6.09 Å². The molecule has 4 aromatic carbocycles. The minimum absolute atomic E-state index is 0.203. The molecule has 44 heavy (non-hydrogen) atoms. The number of hydrogen-bond donors (Lipinski definition) is 2. The molecule has 0 bridgehead atoms. The van der Waals surface area contributed by atoms with E-state index < -0.39 is 35.6 Å². The first-order valence-electron chi connectivity index (χ1n) is 14.8. The summed E-state index contributed by atoms with van der Waals surface area (Å²) in [6.45, 7) is 7.45. The number of nitrogens with one attached hydrogen (secondary N) is 2. The molecular weight excluding hydrogens is 550 g/mol. The average molecular weight is 590 g/mol. The number of fused-ring (bicyclic) bond motifs is 1. The Labute approximate surface area is 259 Å². The van der Waals surface area contributed by atoms with Crippen molar-refractivity contribution in [3.8, 4) is 12.3 Å². The van der Waals surface area contributed by atoms with Crippen molar-refractivity contribution in [3.63, 3.8) is 0 Å². The molecule has 0 spiro atoms. The van der Waals surface area contributed by atoms with Crippen LogP contribution >= 0.6 is 0 Å². The van der Waals surface area contributed by atoms with E-state index >= 15 is 0 Å². The van der Waals surface area contributed by atoms with Crippen molar-refractivity contribution in [3.05, 3.63) is 114 Å². The number of carbonyl (C=O) groups is 3. The standard InChI is InChI=1S/C37H39N3O4/c1-6-23-40(35(42)32(24-26-15-9-8-10-16-26)39-36(43)44-37(3,4)5)33(31-20-14-13-17-27(31)7-2)34(41)38-30-22-21-28-18-11-12-19-29(28)25-30/h2,8-22,25,32-33H,6,23-24H2,1,3-5H3,(H,38,41)(H,39,43). The molecular formula is C37H39N3O4. The van der Waals surface area contributed by atoms with E-state index in [0.29, 0.717) is 23.2 Å². The predicted octanol–water partition coefficient (Wildman–Crippen LogP) is 6.88. The summed E-state index contributed by atoms with van der Waals surface area (Å²) in [6, 6.07) is 28.0. The maximum atomic E-state index is 14.5. The number of rotatable bonds is 10. The summed E-state index contributed by atoms with van der Waals surface area (Å²) in [5.41, 5.74) is 1.69. The van der Waals surface area contributed by atoms with Gasteiger partial charge in [-0.15, -0.1) is 6.42 Å². The molecule has 7 heteroatoms. The van der Waals surface area contributed by atoms with Crippen molar-refractivity contribution in [2.45, 2.75) is 58.2 Å². The minimum Gasteiger partial charge on any atom is -0.444 e. The lowest BCUT2D eigenvalue weighted by molar-refractivity contribution is -0.140. The third-order valence-corrected chi connectivity index (χ3v) is 7.01. The summed E-state index contributed by atoms with van der Waals surface area (Å²) in [7, 11) is 0. The molecule has 0 saturated heterocycles. The fourth-order valence-corrected chi connectivity index (χ4v) is 5.10. The van der Waals surface area contributed by atoms with Crippen molar-refractivity contribution < 1.29 is 19.1 Å². The highest BCUT2D eigenvalue weighted by Gasteiger charge is 2.37. The maximum Gasteiger partial charge on any atom is 0.408 e. The number of benzene rings is 4. The van der Waals surface area contributed by atoms with E-state index in [0.717, 1.165) is 16.3 Å². The quantitative estimate of drug-likeness (QED) is 0.198. The van der Waals surface area contributed by atoms with Gasteiger partial charge in [-0.3, -0.25) is 9.59 Å². The third kappa shape index (κ3) is 8.26. The molecule has 0 aliphatic rings. The SMILES string of the molecule is C#Cc1ccccc1C(C(=O)Nc1ccc2ccccc2c1)N(CCC)C(=O)C(Cc1ccccc1)NC(=O)OC(C)(C)C. The van der Waals surface area contributed by atoms with E-state index in [1.165, 1.54) is 4.90 Å². The molecule has 0 fully saturated rings. The predicted molar refractivity (Wildman–Crippen MR) is 175 cm³/mol. The summed E-state index contributed by atoms with van der Waals surface area (Å²) in [4.78, 5) is 43.2. The lowest BCUT2D eigenvalue weighted by Crippen LogP contribution is -2.53. The first kappa shape index (κ1) is 31.8. The first-order valence-corrected chi connectivity index (χ1v) is 14.8. The van der Waals surface area contributed by atoms with E-state index in [1.54, 1.807) is 45.0 Å². The number of nitrogens with zero attached hydrogens (tertiary/aromatic N) is 1. The van der Waals surface area contributed by atoms with Crippen LogP contribution in [-0.2, 0) is 20.7 Å². The van der Waals surface area contributed by atoms with Crippen LogP contribution in [0.2, 0.25) is 0 Å². The van der Waals surface area contributed by atoms with Gasteiger partial charge in [-0.25, -0.2) is 4.79 Å². The summed E-state index contributed by atoms with van der Waals surface area (Å²) >= 11 is 0. The molecule has 3 amide bonds. The topological polar surface area (TPSA) is 87.7 Å². The fourth-order valence-electron chi connectivity index (χ4n) is 5.10. The van der Waals surface area contributed by atoms with Crippen molar-refractivity contribution >= 4 is 34.4 Å². The zero-order valence-electron chi connectivity index (χ0n) is 25.7. The van der Waals surface area contributed by atoms with Gasteiger partial charge in [-0.1, -0.05) is 91.7 Å². The first-order chi connectivity index (χ1) is 21.1. The number of hydrogen-bond acceptors (Lipinski definition) is 4. The highest BCUT2D eigenvalue weighted by atomic mass is 16.6. The van der Waals surface area contributed by atoms with E-state index in [1.807, 2.05) is 79.7 Å². The Hall–Kier alpha value is -5.09. The van der Waals surface area contributed by atoms with Gasteiger partial charge in [0.1, 0.15) is 17.7 Å². The lowest BCUT2D eigenvalue weighted by atomic mass is 9.96. The molecule has 2 atom stereocenters. The third-order valence-electron chi connectivity index (χ3n) is 7.01. The van der Waals surface area contributed by atoms with Gasteiger partial charge in [0, 0.05) is 24.2 Å². The second-order valence-corrected chi connectivity index (χ2v) is 11.6. The van der Waals surface area contributed by atoms with Gasteiger partial charge in [0.2, 0.25) is 5.91 Å². The zero-order valence-corrected chi connectivity index (χ0v) is 25.7. The van der Waals surface area contributed by atoms with E-state index in [-0.39, 0.29) is 13.0 Å². The molecule has 0 heterocycles. The van der Waals surface area contributed by atoms with Crippen LogP contribution in [0.3, 0.4) is 0 Å². The summed E-state index contributed by atoms with van der Waals surface area (Å²) in [5.74, 6) is 1.83. The van der Waals surface area contributed by atoms with Gasteiger partial charge < -0.3 is 20.3 Å². The normalized spacial score (nSPS) is 12.4. The van der Waals surface area contributed by atoms with Gasteiger partial charge in [-0.2, -0.15) is 0 Å². The molecule has 7 nitrogen and oxygen atoms in total. The van der Waals surface area contributed by atoms with E-state index in [9.17, 15) is 14.4 Å². The average Bonchev–Trinajstić information content (AvgIpc) is 3.00. The molecule has 226 valence electrons. The molecule has 2 N–H and O–H groups in total. The van der Waals surface area contributed by atoms with Crippen LogP contribution in [0, 0.1) is 12.3 Å². The molecule has 0 aliphatic heterocycles. The molecule has 0 saturated carbocycles. The number of carbonyl (C=O) groups excluding carboxylic acids is 3. The molecule has 4 rings (SSSR count). The molecule has 2 unspecified atom stereocenters. The van der Waals surface area contributed by atoms with Crippen molar-refractivity contribution in [1.29, 1.82) is 0 Å². The van der Waals surface area contributed by atoms with Gasteiger partial charge in [0.25, 0.3) is 5.91 Å². The number of terminal acetylenes is 1. The second kappa shape index (κ2) is 14.4. The highest BCUT2D eigenvalue weighted by Crippen LogP contribution is 2.29. The number of amides is 3. The Balaban J connectivity index is 1.75. The Morgan fingerprint density at radius 1 is 0.886 bits per heavy atom. The molecule has 0 aromatic heterocycles. The summed E-state index contributed by atoms with van der Waals surface area (Å²) in [5, 5.41) is 7.82. The lowest BCUT2D eigenvalue weighted by Gasteiger charge is -2.35. The van der Waals surface area contributed by atoms with Crippen LogP contribution in [0.25, 0.3) is 10.8 Å². The summed E-state index contributed by atoms with van der Waals surface area (Å²) in [6.07, 6.45) is 5.93. The number of ether oxygens (including phenoxy) is 1. The Morgan fingerprint density at radius 3 is 2.23 bits per heavy atom. The monoisotopic (exact) mass is 589 g/mol. The maximum absolute atomic E-state index is 14.5. The van der Waals surface area contributed by atoms with Gasteiger partial charge in [0.15, 0.2) is 0 Å². The van der Waals surface area contributed by atoms with Gasteiger partial charge in [0.05, 0.1) is 0 Å². The van der Waals surface area contributed by atoms with Crippen molar-refractivity contribution in [2.75, 3.05) is 11.9 Å². The highest BCUT2D eigenvalue weighted by molar-refractivity contribution is 6.00. The molecule has 0 radical (unpaired) electrons. The summed E-state index contributed by atoms with van der Waals surface area (Å²) < 4.78 is 5.51. The molecule has 4 aromatic rings. The Morgan fingerprint density at radius 2 is 1.55 bits per heavy atom. The smallest absolute Gasteiger partial charge is 0.408 e. The van der Waals surface area contributed by atoms with Crippen molar-refractivity contribution in [2.24, 2.45) is 0 Å². The fraction of sp³-hybridized carbons (Fsp3) is 0.270. The van der Waals surface area contributed by atoms with Crippen LogP contribution in [0.4, 0.5) is 10.5 Å². The van der Waals surface area contributed by atoms with Crippen LogP contribution in [0.1, 0.15) is 56.8 Å². The van der Waals surface area contributed by atoms with Crippen LogP contribution in [0.15, 0.2) is 97.1 Å². The van der Waals surface area contributed by atoms with Crippen molar-refractivity contribution in [1.82, 2.24) is 10.2 Å². The molecule has 0 aliphatic carbocycles.